The van der Waals surface area contributed by atoms with Crippen LogP contribution in [0.1, 0.15) is 13.8 Å². The summed E-state index contributed by atoms with van der Waals surface area (Å²) in [4.78, 5) is 21.6. The molecule has 1 unspecified atom stereocenters. The highest BCUT2D eigenvalue weighted by Crippen LogP contribution is 2.14. The minimum atomic E-state index is -1.04. The van der Waals surface area contributed by atoms with E-state index >= 15 is 0 Å². The van der Waals surface area contributed by atoms with Crippen molar-refractivity contribution >= 4 is 27.9 Å². The average molecular weight is 305 g/mol. The largest absolute Gasteiger partial charge is 0.465 e. The van der Waals surface area contributed by atoms with E-state index in [1.165, 1.54) is 0 Å². The van der Waals surface area contributed by atoms with Gasteiger partial charge in [-0.05, 0) is 13.8 Å². The van der Waals surface area contributed by atoms with Crippen molar-refractivity contribution < 1.29 is 19.1 Å². The fourth-order valence-corrected chi connectivity index (χ4v) is 1.26. The first-order valence-corrected chi connectivity index (χ1v) is 5.78. The van der Waals surface area contributed by atoms with Crippen molar-refractivity contribution in [3.05, 3.63) is 11.3 Å². The quantitative estimate of drug-likeness (QED) is 0.345. The minimum Gasteiger partial charge on any atom is -0.465 e. The first kappa shape index (κ1) is 15.4. The summed E-state index contributed by atoms with van der Waals surface area (Å²) in [5, 5.41) is 8.79. The van der Waals surface area contributed by atoms with E-state index < -0.39 is 22.3 Å². The maximum absolute atomic E-state index is 11.3. The van der Waals surface area contributed by atoms with Gasteiger partial charge < -0.3 is 15.2 Å². The number of halogens is 1. The van der Waals surface area contributed by atoms with Crippen LogP contribution in [0.15, 0.2) is 11.3 Å². The van der Waals surface area contributed by atoms with Crippen molar-refractivity contribution in [3.63, 3.8) is 0 Å². The Bertz CT molecular complexity index is 373. The van der Waals surface area contributed by atoms with Crippen LogP contribution >= 0.6 is 15.9 Å². The van der Waals surface area contributed by atoms with E-state index in [1.807, 2.05) is 0 Å². The van der Waals surface area contributed by atoms with Crippen molar-refractivity contribution in [1.82, 2.24) is 0 Å². The van der Waals surface area contributed by atoms with E-state index in [1.54, 1.807) is 19.9 Å². The molecular weight excluding hydrogens is 292 g/mol. The summed E-state index contributed by atoms with van der Waals surface area (Å²) in [6, 6.07) is 1.61. The number of alkyl halides is 1. The van der Waals surface area contributed by atoms with Crippen LogP contribution in [0.2, 0.25) is 0 Å². The molecule has 0 bridgehead atoms. The fourth-order valence-electron chi connectivity index (χ4n) is 0.900. The first-order chi connectivity index (χ1) is 7.99. The molecule has 0 fully saturated rings. The number of esters is 2. The van der Waals surface area contributed by atoms with Gasteiger partial charge in [0.15, 0.2) is 10.4 Å². The third kappa shape index (κ3) is 4.44. The molecule has 0 radical (unpaired) electrons. The van der Waals surface area contributed by atoms with Gasteiger partial charge in [-0.25, -0.2) is 4.79 Å². The van der Waals surface area contributed by atoms with Crippen LogP contribution in [0.5, 0.6) is 0 Å². The third-order valence-corrected chi connectivity index (χ3v) is 2.51. The number of nitrogens with zero attached hydrogens (tertiary/aromatic N) is 1. The summed E-state index contributed by atoms with van der Waals surface area (Å²) in [6.07, 6.45) is 0. The van der Waals surface area contributed by atoms with Gasteiger partial charge in [-0.15, -0.1) is 0 Å². The second-order valence-electron chi connectivity index (χ2n) is 2.78. The van der Waals surface area contributed by atoms with Crippen molar-refractivity contribution in [2.75, 3.05) is 13.2 Å². The lowest BCUT2D eigenvalue weighted by Crippen LogP contribution is -2.27. The van der Waals surface area contributed by atoms with Crippen molar-refractivity contribution in [2.45, 2.75) is 18.7 Å². The molecule has 94 valence electrons. The number of carbonyl (C=O) groups excluding carboxylic acids is 2. The summed E-state index contributed by atoms with van der Waals surface area (Å²) in [5.74, 6) is -1.52. The molecule has 0 saturated carbocycles. The Hall–Kier alpha value is -1.55. The summed E-state index contributed by atoms with van der Waals surface area (Å²) in [6.45, 7) is 3.52. The summed E-state index contributed by atoms with van der Waals surface area (Å²) in [5.41, 5.74) is 4.92. The number of carbonyl (C=O) groups is 2. The van der Waals surface area contributed by atoms with E-state index in [9.17, 15) is 9.59 Å². The van der Waals surface area contributed by atoms with Crippen molar-refractivity contribution in [1.29, 1.82) is 5.26 Å². The molecule has 0 aromatic rings. The zero-order chi connectivity index (χ0) is 13.4. The van der Waals surface area contributed by atoms with E-state index in [0.717, 1.165) is 0 Å². The molecule has 0 spiro atoms. The van der Waals surface area contributed by atoms with E-state index in [2.05, 4.69) is 20.7 Å². The first-order valence-electron chi connectivity index (χ1n) is 4.87. The molecule has 17 heavy (non-hydrogen) atoms. The molecule has 1 atom stereocenters. The Morgan fingerprint density at radius 1 is 1.35 bits per heavy atom. The Morgan fingerprint density at radius 2 is 1.88 bits per heavy atom. The Kier molecular flexibility index (Phi) is 6.98. The van der Waals surface area contributed by atoms with Crippen LogP contribution in [-0.4, -0.2) is 30.0 Å². The molecule has 0 rings (SSSR count). The number of nitriles is 1. The van der Waals surface area contributed by atoms with Gasteiger partial charge in [0.2, 0.25) is 0 Å². The number of hydrogen-bond donors (Lipinski definition) is 1. The van der Waals surface area contributed by atoms with Gasteiger partial charge in [-0.2, -0.15) is 5.26 Å². The number of rotatable bonds is 5. The second kappa shape index (κ2) is 7.68. The van der Waals surface area contributed by atoms with Crippen LogP contribution in [0.4, 0.5) is 0 Å². The Morgan fingerprint density at radius 3 is 2.29 bits per heavy atom. The lowest BCUT2D eigenvalue weighted by molar-refractivity contribution is -0.141. The lowest BCUT2D eigenvalue weighted by atomic mass is 10.2. The summed E-state index contributed by atoms with van der Waals surface area (Å²) >= 11 is 2.95. The molecular formula is C10H13BrN2O4. The molecule has 0 amide bonds. The Balaban J connectivity index is 5.04. The second-order valence-corrected chi connectivity index (χ2v) is 3.69. The van der Waals surface area contributed by atoms with Gasteiger partial charge in [0, 0.05) is 0 Å². The molecule has 6 nitrogen and oxygen atoms in total. The normalized spacial score (nSPS) is 13.1. The summed E-state index contributed by atoms with van der Waals surface area (Å²) < 4.78 is 9.33. The molecule has 0 aliphatic heterocycles. The van der Waals surface area contributed by atoms with Gasteiger partial charge in [-0.1, -0.05) is 15.9 Å². The molecule has 7 heteroatoms. The topological polar surface area (TPSA) is 102 Å². The predicted molar refractivity (Wildman–Crippen MR) is 62.8 cm³/mol. The maximum atomic E-state index is 11.3. The van der Waals surface area contributed by atoms with Crippen molar-refractivity contribution in [3.8, 4) is 6.07 Å². The maximum Gasteiger partial charge on any atom is 0.350 e. The zero-order valence-electron chi connectivity index (χ0n) is 9.53. The summed E-state index contributed by atoms with van der Waals surface area (Å²) in [7, 11) is 0. The highest BCUT2D eigenvalue weighted by atomic mass is 79.9. The van der Waals surface area contributed by atoms with Gasteiger partial charge in [0.25, 0.3) is 0 Å². The van der Waals surface area contributed by atoms with E-state index in [4.69, 9.17) is 15.7 Å². The molecule has 0 aromatic carbocycles. The number of ether oxygens (including phenoxy) is 2. The molecule has 0 heterocycles. The monoisotopic (exact) mass is 304 g/mol. The fraction of sp³-hybridized carbons (Fsp3) is 0.500. The van der Waals surface area contributed by atoms with Crippen molar-refractivity contribution in [2.24, 2.45) is 5.73 Å². The molecule has 0 aliphatic rings. The Labute approximate surface area is 107 Å². The smallest absolute Gasteiger partial charge is 0.350 e. The van der Waals surface area contributed by atoms with Gasteiger partial charge in [-0.3, -0.25) is 4.79 Å². The van der Waals surface area contributed by atoms with E-state index in [-0.39, 0.29) is 18.9 Å². The van der Waals surface area contributed by atoms with Crippen LogP contribution in [0.25, 0.3) is 0 Å². The van der Waals surface area contributed by atoms with Crippen LogP contribution in [0, 0.1) is 11.3 Å². The van der Waals surface area contributed by atoms with Crippen LogP contribution < -0.4 is 5.73 Å². The molecule has 0 saturated heterocycles. The molecule has 0 aromatic heterocycles. The van der Waals surface area contributed by atoms with Gasteiger partial charge in [0.1, 0.15) is 6.07 Å². The van der Waals surface area contributed by atoms with Gasteiger partial charge in [0.05, 0.1) is 18.9 Å². The van der Waals surface area contributed by atoms with Crippen LogP contribution in [-0.2, 0) is 19.1 Å². The average Bonchev–Trinajstić information content (AvgIpc) is 2.29. The highest BCUT2D eigenvalue weighted by molar-refractivity contribution is 9.10. The molecule has 0 aliphatic carbocycles. The van der Waals surface area contributed by atoms with E-state index in [0.29, 0.717) is 0 Å². The standard InChI is InChI=1S/C10H13BrN2O4/c1-3-16-9(14)6(5-12)8(13)7(11)10(15)17-4-2/h7H,3-4,13H2,1-2H3/b8-6-. The van der Waals surface area contributed by atoms with Gasteiger partial charge >= 0.3 is 11.9 Å². The predicted octanol–water partition coefficient (Wildman–Crippen LogP) is 0.612. The zero-order valence-corrected chi connectivity index (χ0v) is 11.1. The number of hydrogen-bond acceptors (Lipinski definition) is 6. The van der Waals surface area contributed by atoms with Crippen LogP contribution in [0.3, 0.4) is 0 Å². The molecule has 2 N–H and O–H groups in total. The SMILES string of the molecule is CCOC(=O)/C(C#N)=C(\N)C(Br)C(=O)OCC. The lowest BCUT2D eigenvalue weighted by Gasteiger charge is -2.10. The minimum absolute atomic E-state index is 0.115. The third-order valence-electron chi connectivity index (χ3n) is 1.65. The highest BCUT2D eigenvalue weighted by Gasteiger charge is 2.25. The number of nitrogens with two attached hydrogens (primary N) is 1.